The Morgan fingerprint density at radius 3 is 2.34 bits per heavy atom. The Balaban J connectivity index is 1.58. The number of Topliss-reactive ketones (excluding diaryl/α,β-unsaturated/α-hetero) is 2. The minimum absolute atomic E-state index is 0.280. The van der Waals surface area contributed by atoms with Gasteiger partial charge >= 0.3 is 11.6 Å². The van der Waals surface area contributed by atoms with Crippen molar-refractivity contribution < 1.29 is 23.5 Å². The van der Waals surface area contributed by atoms with E-state index in [4.69, 9.17) is 9.15 Å². The Morgan fingerprint density at radius 1 is 0.886 bits per heavy atom. The van der Waals surface area contributed by atoms with Gasteiger partial charge in [-0.3, -0.25) is 14.4 Å². The number of benzene rings is 3. The number of carbonyl (C=O) groups is 3. The minimum atomic E-state index is -1.89. The van der Waals surface area contributed by atoms with E-state index in [-0.39, 0.29) is 11.3 Å². The quantitative estimate of drug-likeness (QED) is 0.117. The van der Waals surface area contributed by atoms with E-state index in [1.165, 1.54) is 6.07 Å². The van der Waals surface area contributed by atoms with E-state index in [1.54, 1.807) is 79.7 Å². The van der Waals surface area contributed by atoms with E-state index in [2.05, 4.69) is 15.9 Å². The molecule has 1 aliphatic heterocycles. The third-order valence-electron chi connectivity index (χ3n) is 7.32. The lowest BCUT2D eigenvalue weighted by molar-refractivity contribution is -0.140. The molecular formula is C28H17BrO6. The number of rotatable bonds is 4. The van der Waals surface area contributed by atoms with Crippen LogP contribution in [0.2, 0.25) is 0 Å². The first-order valence-electron chi connectivity index (χ1n) is 11.0. The first-order valence-corrected chi connectivity index (χ1v) is 11.8. The van der Waals surface area contributed by atoms with E-state index in [0.29, 0.717) is 27.8 Å². The van der Waals surface area contributed by atoms with Crippen LogP contribution < -0.4 is 10.4 Å². The molecule has 0 radical (unpaired) electrons. The lowest BCUT2D eigenvalue weighted by Gasteiger charge is -2.22. The van der Waals surface area contributed by atoms with Crippen LogP contribution >= 0.6 is 15.9 Å². The number of hydrogen-bond donors (Lipinski definition) is 0. The normalized spacial score (nSPS) is 24.3. The van der Waals surface area contributed by atoms with Gasteiger partial charge in [0.1, 0.15) is 16.9 Å². The number of ketones is 2. The number of hydrogen-bond acceptors (Lipinski definition) is 6. The molecular weight excluding hydrogens is 512 g/mol. The number of esters is 1. The molecule has 4 aromatic rings. The first-order chi connectivity index (χ1) is 16.8. The smallest absolute Gasteiger partial charge is 0.347 e. The summed E-state index contributed by atoms with van der Waals surface area (Å²) in [6.45, 7) is 1.60. The van der Waals surface area contributed by atoms with Crippen molar-refractivity contribution in [2.45, 2.75) is 12.8 Å². The molecule has 6 rings (SSSR count). The molecule has 7 heteroatoms. The number of carbonyl (C=O) groups excluding carboxylic acids is 3. The molecule has 3 atom stereocenters. The SMILES string of the molecule is CC1(C(=O)c2ccc(Br)cc2)C2c3ccccc3OC(=O)C21C(=O)c1cc2ccccc2oc1=O. The van der Waals surface area contributed by atoms with Crippen LogP contribution in [-0.4, -0.2) is 17.5 Å². The van der Waals surface area contributed by atoms with Crippen LogP contribution in [0.1, 0.15) is 39.1 Å². The van der Waals surface area contributed by atoms with Crippen molar-refractivity contribution in [3.63, 3.8) is 0 Å². The van der Waals surface area contributed by atoms with Gasteiger partial charge in [-0.1, -0.05) is 71.4 Å². The molecule has 0 spiro atoms. The third-order valence-corrected chi connectivity index (χ3v) is 7.85. The van der Waals surface area contributed by atoms with Crippen LogP contribution in [-0.2, 0) is 4.79 Å². The molecule has 0 bridgehead atoms. The first kappa shape index (κ1) is 21.7. The Hall–Kier alpha value is -3.84. The predicted molar refractivity (Wildman–Crippen MR) is 131 cm³/mol. The van der Waals surface area contributed by atoms with Gasteiger partial charge in [0.2, 0.25) is 0 Å². The number of para-hydroxylation sites is 2. The number of ether oxygens (including phenoxy) is 1. The highest BCUT2D eigenvalue weighted by Gasteiger charge is 2.87. The van der Waals surface area contributed by atoms with Gasteiger partial charge < -0.3 is 9.15 Å². The zero-order valence-electron chi connectivity index (χ0n) is 18.4. The maximum absolute atomic E-state index is 14.1. The fourth-order valence-corrected chi connectivity index (χ4v) is 5.85. The summed E-state index contributed by atoms with van der Waals surface area (Å²) in [7, 11) is 0. The van der Waals surface area contributed by atoms with Gasteiger partial charge in [-0.05, 0) is 30.3 Å². The molecule has 3 aromatic carbocycles. The van der Waals surface area contributed by atoms with E-state index >= 15 is 0 Å². The van der Waals surface area contributed by atoms with E-state index < -0.39 is 34.1 Å². The summed E-state index contributed by atoms with van der Waals surface area (Å²) in [4.78, 5) is 54.5. The second kappa shape index (κ2) is 7.33. The molecule has 1 aromatic heterocycles. The van der Waals surface area contributed by atoms with E-state index in [0.717, 1.165) is 4.47 Å². The second-order valence-corrected chi connectivity index (χ2v) is 9.94. The summed E-state index contributed by atoms with van der Waals surface area (Å²) in [5, 5.41) is 0.537. The van der Waals surface area contributed by atoms with Crippen LogP contribution in [0.4, 0.5) is 0 Å². The number of halogens is 1. The average molecular weight is 529 g/mol. The largest absolute Gasteiger partial charge is 0.425 e. The van der Waals surface area contributed by atoms with Crippen molar-refractivity contribution in [3.8, 4) is 5.75 Å². The lowest BCUT2D eigenvalue weighted by Crippen LogP contribution is -2.40. The zero-order valence-corrected chi connectivity index (χ0v) is 20.0. The maximum atomic E-state index is 14.1. The molecule has 172 valence electrons. The Kier molecular flexibility index (Phi) is 4.54. The molecule has 35 heavy (non-hydrogen) atoms. The van der Waals surface area contributed by atoms with Gasteiger partial charge in [0.15, 0.2) is 17.0 Å². The van der Waals surface area contributed by atoms with Crippen molar-refractivity contribution in [3.05, 3.63) is 110 Å². The van der Waals surface area contributed by atoms with Gasteiger partial charge in [0, 0.05) is 26.9 Å². The molecule has 0 N–H and O–H groups in total. The highest BCUT2D eigenvalue weighted by Crippen LogP contribution is 2.79. The van der Waals surface area contributed by atoms with Gasteiger partial charge in [-0.15, -0.1) is 0 Å². The molecule has 1 fully saturated rings. The number of fused-ring (bicyclic) bond motifs is 4. The van der Waals surface area contributed by atoms with Crippen molar-refractivity contribution >= 4 is 44.4 Å². The zero-order chi connectivity index (χ0) is 24.5. The van der Waals surface area contributed by atoms with Gasteiger partial charge in [-0.2, -0.15) is 0 Å². The standard InChI is InChI=1S/C28H17BrO6/c1-27(23(30)15-10-12-17(29)13-11-15)22-18-7-3-5-9-21(18)35-26(33)28(22,27)24(31)19-14-16-6-2-4-8-20(16)34-25(19)32/h2-14,22H,1H3. The molecule has 0 amide bonds. The minimum Gasteiger partial charge on any atom is -0.425 e. The maximum Gasteiger partial charge on any atom is 0.347 e. The fourth-order valence-electron chi connectivity index (χ4n) is 5.59. The predicted octanol–water partition coefficient (Wildman–Crippen LogP) is 5.33. The Morgan fingerprint density at radius 2 is 1.57 bits per heavy atom. The van der Waals surface area contributed by atoms with Crippen LogP contribution in [0.5, 0.6) is 5.75 Å². The fraction of sp³-hybridized carbons (Fsp3) is 0.143. The average Bonchev–Trinajstić information content (AvgIpc) is 3.46. The van der Waals surface area contributed by atoms with Crippen LogP contribution in [0.25, 0.3) is 11.0 Å². The van der Waals surface area contributed by atoms with E-state index in [1.807, 2.05) is 0 Å². The summed E-state index contributed by atoms with van der Waals surface area (Å²) in [6.07, 6.45) is 0. The van der Waals surface area contributed by atoms with Crippen molar-refractivity contribution in [2.24, 2.45) is 10.8 Å². The second-order valence-electron chi connectivity index (χ2n) is 9.02. The summed E-state index contributed by atoms with van der Waals surface area (Å²) >= 11 is 3.36. The van der Waals surface area contributed by atoms with Crippen LogP contribution in [0.3, 0.4) is 0 Å². The molecule has 2 heterocycles. The van der Waals surface area contributed by atoms with Gasteiger partial charge in [-0.25, -0.2) is 4.79 Å². The third kappa shape index (κ3) is 2.76. The van der Waals surface area contributed by atoms with Crippen LogP contribution in [0.15, 0.2) is 92.5 Å². The molecule has 6 nitrogen and oxygen atoms in total. The molecule has 1 saturated carbocycles. The highest BCUT2D eigenvalue weighted by molar-refractivity contribution is 9.10. The van der Waals surface area contributed by atoms with Crippen molar-refractivity contribution in [1.29, 1.82) is 0 Å². The molecule has 3 unspecified atom stereocenters. The van der Waals surface area contributed by atoms with E-state index in [9.17, 15) is 19.2 Å². The van der Waals surface area contributed by atoms with Crippen LogP contribution in [0, 0.1) is 10.8 Å². The molecule has 1 aliphatic carbocycles. The van der Waals surface area contributed by atoms with Gasteiger partial charge in [0.05, 0.1) is 5.41 Å². The summed E-state index contributed by atoms with van der Waals surface area (Å²) in [5.74, 6) is -2.46. The summed E-state index contributed by atoms with van der Waals surface area (Å²) in [5.41, 5.74) is -3.23. The molecule has 2 aliphatic rings. The topological polar surface area (TPSA) is 90.7 Å². The van der Waals surface area contributed by atoms with Crippen molar-refractivity contribution in [1.82, 2.24) is 0 Å². The highest BCUT2D eigenvalue weighted by atomic mass is 79.9. The van der Waals surface area contributed by atoms with Crippen molar-refractivity contribution in [2.75, 3.05) is 0 Å². The Labute approximate surface area is 207 Å². The summed E-state index contributed by atoms with van der Waals surface area (Å²) < 4.78 is 11.8. The van der Waals surface area contributed by atoms with Gasteiger partial charge in [0.25, 0.3) is 0 Å². The molecule has 0 saturated heterocycles. The Bertz CT molecular complexity index is 1640. The lowest BCUT2D eigenvalue weighted by atomic mass is 9.82. The monoisotopic (exact) mass is 528 g/mol. The summed E-state index contributed by atoms with van der Waals surface area (Å²) in [6, 6.07) is 21.8.